The lowest BCUT2D eigenvalue weighted by molar-refractivity contribution is -0.0612. The van der Waals surface area contributed by atoms with Gasteiger partial charge in [0.2, 0.25) is 0 Å². The SMILES string of the molecule is CCCn1c(=O)[nH]c(=O)c2cc(C(=O)OCC3CN(Cc4ccccc4)CCO3)cnc21. The number of carbonyl (C=O) groups is 1. The molecule has 0 bridgehead atoms. The number of nitrogens with one attached hydrogen (secondary N) is 1. The van der Waals surface area contributed by atoms with Crippen LogP contribution in [0.25, 0.3) is 11.0 Å². The fourth-order valence-corrected chi connectivity index (χ4v) is 3.83. The van der Waals surface area contributed by atoms with E-state index in [9.17, 15) is 14.4 Å². The molecule has 4 rings (SSSR count). The van der Waals surface area contributed by atoms with Gasteiger partial charge in [-0.05, 0) is 18.1 Å². The minimum Gasteiger partial charge on any atom is -0.459 e. The van der Waals surface area contributed by atoms with E-state index in [1.165, 1.54) is 22.4 Å². The molecule has 168 valence electrons. The summed E-state index contributed by atoms with van der Waals surface area (Å²) >= 11 is 0. The Balaban J connectivity index is 1.41. The lowest BCUT2D eigenvalue weighted by Gasteiger charge is -2.32. The normalized spacial score (nSPS) is 16.8. The summed E-state index contributed by atoms with van der Waals surface area (Å²) < 4.78 is 12.6. The number of fused-ring (bicyclic) bond motifs is 1. The molecular formula is C23H26N4O5. The molecule has 1 unspecified atom stereocenters. The van der Waals surface area contributed by atoms with Crippen LogP contribution in [0.15, 0.2) is 52.2 Å². The highest BCUT2D eigenvalue weighted by atomic mass is 16.6. The molecule has 32 heavy (non-hydrogen) atoms. The molecule has 0 radical (unpaired) electrons. The molecule has 3 aromatic rings. The van der Waals surface area contributed by atoms with E-state index in [1.54, 1.807) is 0 Å². The molecule has 0 aliphatic carbocycles. The highest BCUT2D eigenvalue weighted by molar-refractivity contribution is 5.92. The Hall–Kier alpha value is -3.30. The van der Waals surface area contributed by atoms with Gasteiger partial charge in [-0.15, -0.1) is 0 Å². The minimum atomic E-state index is -0.587. The van der Waals surface area contributed by atoms with Gasteiger partial charge in [-0.3, -0.25) is 19.2 Å². The number of benzene rings is 1. The Bertz CT molecular complexity index is 1200. The van der Waals surface area contributed by atoms with Gasteiger partial charge in [0.15, 0.2) is 0 Å². The predicted octanol–water partition coefficient (Wildman–Crippen LogP) is 1.55. The summed E-state index contributed by atoms with van der Waals surface area (Å²) in [7, 11) is 0. The predicted molar refractivity (Wildman–Crippen MR) is 119 cm³/mol. The van der Waals surface area contributed by atoms with Crippen molar-refractivity contribution in [2.75, 3.05) is 26.3 Å². The van der Waals surface area contributed by atoms with Gasteiger partial charge < -0.3 is 9.47 Å². The molecule has 0 saturated carbocycles. The van der Waals surface area contributed by atoms with E-state index in [1.807, 2.05) is 25.1 Å². The molecule has 1 aromatic carbocycles. The van der Waals surface area contributed by atoms with Crippen molar-refractivity contribution in [2.45, 2.75) is 32.5 Å². The number of carbonyl (C=O) groups excluding carboxylic acids is 1. The molecule has 3 heterocycles. The van der Waals surface area contributed by atoms with E-state index in [-0.39, 0.29) is 29.3 Å². The van der Waals surface area contributed by atoms with E-state index in [0.29, 0.717) is 26.1 Å². The molecule has 1 atom stereocenters. The summed E-state index contributed by atoms with van der Waals surface area (Å²) in [5, 5.41) is 0.176. The Morgan fingerprint density at radius 2 is 2.09 bits per heavy atom. The number of hydrogen-bond donors (Lipinski definition) is 1. The summed E-state index contributed by atoms with van der Waals surface area (Å²) in [6, 6.07) is 11.6. The number of aryl methyl sites for hydroxylation is 1. The second kappa shape index (κ2) is 9.88. The number of aromatic amines is 1. The van der Waals surface area contributed by atoms with Crippen LogP contribution in [0.5, 0.6) is 0 Å². The van der Waals surface area contributed by atoms with Crippen molar-refractivity contribution in [3.63, 3.8) is 0 Å². The second-order valence-corrected chi connectivity index (χ2v) is 7.82. The zero-order chi connectivity index (χ0) is 22.5. The van der Waals surface area contributed by atoms with Crippen LogP contribution in [-0.2, 0) is 22.6 Å². The molecule has 1 N–H and O–H groups in total. The molecule has 9 heteroatoms. The van der Waals surface area contributed by atoms with E-state index < -0.39 is 17.2 Å². The fourth-order valence-electron chi connectivity index (χ4n) is 3.83. The number of ether oxygens (including phenoxy) is 2. The molecule has 2 aromatic heterocycles. The van der Waals surface area contributed by atoms with Gasteiger partial charge in [0.25, 0.3) is 5.56 Å². The number of rotatable bonds is 7. The van der Waals surface area contributed by atoms with Crippen molar-refractivity contribution < 1.29 is 14.3 Å². The van der Waals surface area contributed by atoms with Crippen molar-refractivity contribution in [3.05, 3.63) is 74.6 Å². The first-order valence-electron chi connectivity index (χ1n) is 10.7. The maximum Gasteiger partial charge on any atom is 0.339 e. The third-order valence-corrected chi connectivity index (χ3v) is 5.39. The van der Waals surface area contributed by atoms with Crippen LogP contribution in [0.3, 0.4) is 0 Å². The van der Waals surface area contributed by atoms with E-state index >= 15 is 0 Å². The Kier molecular flexibility index (Phi) is 6.77. The summed E-state index contributed by atoms with van der Waals surface area (Å²) in [6.45, 7) is 5.29. The maximum absolute atomic E-state index is 12.6. The van der Waals surface area contributed by atoms with Gasteiger partial charge in [-0.1, -0.05) is 37.3 Å². The number of aromatic nitrogens is 3. The summed E-state index contributed by atoms with van der Waals surface area (Å²) in [6.07, 6.45) is 1.80. The smallest absolute Gasteiger partial charge is 0.339 e. The Labute approximate surface area is 184 Å². The Morgan fingerprint density at radius 3 is 2.88 bits per heavy atom. The standard InChI is InChI=1S/C23H26N4O5/c1-2-8-27-20-19(21(28)25-23(27)30)11-17(12-24-20)22(29)32-15-18-14-26(9-10-31-18)13-16-6-4-3-5-7-16/h3-7,11-12,18H,2,8-10,13-15H2,1H3,(H,25,28,30). The fraction of sp³-hybridized carbons (Fsp3) is 0.391. The number of pyridine rings is 1. The zero-order valence-electron chi connectivity index (χ0n) is 18.0. The third-order valence-electron chi connectivity index (χ3n) is 5.39. The van der Waals surface area contributed by atoms with Crippen molar-refractivity contribution >= 4 is 17.0 Å². The number of esters is 1. The lowest BCUT2D eigenvalue weighted by atomic mass is 10.2. The summed E-state index contributed by atoms with van der Waals surface area (Å²) in [5.41, 5.74) is 0.540. The molecule has 0 spiro atoms. The summed E-state index contributed by atoms with van der Waals surface area (Å²) in [4.78, 5) is 45.6. The molecular weight excluding hydrogens is 412 g/mol. The van der Waals surface area contributed by atoms with Crippen LogP contribution in [0, 0.1) is 0 Å². The van der Waals surface area contributed by atoms with Crippen molar-refractivity contribution in [3.8, 4) is 0 Å². The molecule has 1 aliphatic heterocycles. The highest BCUT2D eigenvalue weighted by Crippen LogP contribution is 2.13. The second-order valence-electron chi connectivity index (χ2n) is 7.82. The van der Waals surface area contributed by atoms with Gasteiger partial charge in [-0.2, -0.15) is 0 Å². The van der Waals surface area contributed by atoms with E-state index in [0.717, 1.165) is 13.1 Å². The van der Waals surface area contributed by atoms with E-state index in [4.69, 9.17) is 9.47 Å². The molecule has 9 nitrogen and oxygen atoms in total. The van der Waals surface area contributed by atoms with Crippen molar-refractivity contribution in [1.82, 2.24) is 19.4 Å². The average molecular weight is 438 g/mol. The molecule has 1 saturated heterocycles. The molecule has 1 aliphatic rings. The van der Waals surface area contributed by atoms with Crippen LogP contribution >= 0.6 is 0 Å². The summed E-state index contributed by atoms with van der Waals surface area (Å²) in [5.74, 6) is -0.587. The zero-order valence-corrected chi connectivity index (χ0v) is 18.0. The quantitative estimate of drug-likeness (QED) is 0.558. The maximum atomic E-state index is 12.6. The molecule has 0 amide bonds. The number of hydrogen-bond acceptors (Lipinski definition) is 7. The van der Waals surface area contributed by atoms with Crippen LogP contribution in [0.1, 0.15) is 29.3 Å². The highest BCUT2D eigenvalue weighted by Gasteiger charge is 2.23. The lowest BCUT2D eigenvalue weighted by Crippen LogP contribution is -2.44. The number of morpholine rings is 1. The topological polar surface area (TPSA) is 107 Å². The monoisotopic (exact) mass is 438 g/mol. The first kappa shape index (κ1) is 21.9. The van der Waals surface area contributed by atoms with E-state index in [2.05, 4.69) is 27.0 Å². The first-order chi connectivity index (χ1) is 15.5. The van der Waals surface area contributed by atoms with Crippen LogP contribution in [0.4, 0.5) is 0 Å². The van der Waals surface area contributed by atoms with Crippen molar-refractivity contribution in [2.24, 2.45) is 0 Å². The number of nitrogens with zero attached hydrogens (tertiary/aromatic N) is 3. The van der Waals surface area contributed by atoms with Crippen LogP contribution < -0.4 is 11.2 Å². The first-order valence-corrected chi connectivity index (χ1v) is 10.7. The largest absolute Gasteiger partial charge is 0.459 e. The van der Waals surface area contributed by atoms with Gasteiger partial charge in [0.05, 0.1) is 17.6 Å². The third kappa shape index (κ3) is 4.95. The molecule has 1 fully saturated rings. The van der Waals surface area contributed by atoms with Gasteiger partial charge in [0, 0.05) is 32.4 Å². The van der Waals surface area contributed by atoms with Crippen LogP contribution in [0.2, 0.25) is 0 Å². The van der Waals surface area contributed by atoms with Gasteiger partial charge in [0.1, 0.15) is 18.4 Å². The van der Waals surface area contributed by atoms with Crippen molar-refractivity contribution in [1.29, 1.82) is 0 Å². The average Bonchev–Trinajstić information content (AvgIpc) is 2.81. The number of H-pyrrole nitrogens is 1. The van der Waals surface area contributed by atoms with Gasteiger partial charge >= 0.3 is 11.7 Å². The minimum absolute atomic E-state index is 0.105. The van der Waals surface area contributed by atoms with Crippen LogP contribution in [-0.4, -0.2) is 57.8 Å². The Morgan fingerprint density at radius 1 is 1.28 bits per heavy atom. The van der Waals surface area contributed by atoms with Gasteiger partial charge in [-0.25, -0.2) is 14.6 Å².